The lowest BCUT2D eigenvalue weighted by molar-refractivity contribution is -0.310. The number of carbonyl (C=O) groups excluding carboxylic acids is 3. The Labute approximate surface area is 308 Å². The van der Waals surface area contributed by atoms with Crippen LogP contribution in [0.25, 0.3) is 6.08 Å². The monoisotopic (exact) mass is 735 g/mol. The smallest absolute Gasteiger partial charge is 0.309 e. The van der Waals surface area contributed by atoms with Gasteiger partial charge in [-0.15, -0.1) is 0 Å². The molecule has 2 aliphatic heterocycles. The molecule has 0 amide bonds. The SMILES string of the molecule is CCC(=O)O[C@@H]1CC(=O)O[C@@H](C/C=C/c2cccnc2)CCCN(C)C[C@H](O)[C@H](C)C[C@H](CC=O)[C@H](O[C@@H]2OC(C)[C@@H](O)C(N(C)C)C2O)[C@H]1OC. The minimum atomic E-state index is -1.32. The minimum absolute atomic E-state index is 0.0220. The molecule has 14 nitrogen and oxygen atoms in total. The highest BCUT2D eigenvalue weighted by Gasteiger charge is 2.48. The van der Waals surface area contributed by atoms with Crippen molar-refractivity contribution in [3.63, 3.8) is 0 Å². The normalized spacial score (nSPS) is 34.9. The summed E-state index contributed by atoms with van der Waals surface area (Å²) in [7, 11) is 6.75. The largest absolute Gasteiger partial charge is 0.462 e. The number of nitrogens with zero attached hydrogens (tertiary/aromatic N) is 3. The van der Waals surface area contributed by atoms with Crippen LogP contribution in [0, 0.1) is 11.8 Å². The number of ether oxygens (including phenoxy) is 5. The summed E-state index contributed by atoms with van der Waals surface area (Å²) in [6, 6.07) is 3.00. The van der Waals surface area contributed by atoms with E-state index in [1.165, 1.54) is 7.11 Å². The van der Waals surface area contributed by atoms with Crippen molar-refractivity contribution in [3.05, 3.63) is 36.2 Å². The van der Waals surface area contributed by atoms with Crippen molar-refractivity contribution in [2.75, 3.05) is 41.3 Å². The van der Waals surface area contributed by atoms with Crippen LogP contribution < -0.4 is 0 Å². The number of methoxy groups -OCH3 is 1. The Kier molecular flexibility index (Phi) is 18.3. The summed E-state index contributed by atoms with van der Waals surface area (Å²) in [6.45, 7) is 6.19. The molecule has 0 aromatic carbocycles. The number of rotatable bonds is 11. The predicted molar refractivity (Wildman–Crippen MR) is 193 cm³/mol. The molecule has 3 unspecified atom stereocenters. The molecule has 14 heteroatoms. The van der Waals surface area contributed by atoms with E-state index in [0.717, 1.165) is 11.8 Å². The van der Waals surface area contributed by atoms with E-state index in [1.807, 2.05) is 43.2 Å². The second-order valence-corrected chi connectivity index (χ2v) is 14.4. The van der Waals surface area contributed by atoms with Crippen LogP contribution in [-0.2, 0) is 38.1 Å². The molecule has 2 aliphatic rings. The van der Waals surface area contributed by atoms with Crippen LogP contribution in [0.5, 0.6) is 0 Å². The molecule has 0 aliphatic carbocycles. The number of aliphatic hydroxyl groups is 3. The third-order valence-electron chi connectivity index (χ3n) is 10.0. The minimum Gasteiger partial charge on any atom is -0.462 e. The van der Waals surface area contributed by atoms with Crippen molar-refractivity contribution < 1.29 is 53.4 Å². The topological polar surface area (TPSA) is 177 Å². The molecule has 3 rings (SSSR count). The molecule has 0 radical (unpaired) electrons. The Hall–Kier alpha value is -2.82. The molecule has 3 heterocycles. The number of hydrogen-bond acceptors (Lipinski definition) is 14. The van der Waals surface area contributed by atoms with Gasteiger partial charge in [-0.05, 0) is 77.3 Å². The summed E-state index contributed by atoms with van der Waals surface area (Å²) >= 11 is 0. The first-order chi connectivity index (χ1) is 24.8. The van der Waals surface area contributed by atoms with Crippen molar-refractivity contribution in [3.8, 4) is 0 Å². The number of pyridine rings is 1. The van der Waals surface area contributed by atoms with Crippen molar-refractivity contribution in [1.82, 2.24) is 14.8 Å². The zero-order chi connectivity index (χ0) is 38.4. The third-order valence-corrected chi connectivity index (χ3v) is 10.0. The summed E-state index contributed by atoms with van der Waals surface area (Å²) in [6.07, 6.45) is 0.544. The number of aromatic nitrogens is 1. The second-order valence-electron chi connectivity index (χ2n) is 14.4. The average Bonchev–Trinajstić information content (AvgIpc) is 3.09. The molecule has 12 atom stereocenters. The van der Waals surface area contributed by atoms with Crippen LogP contribution in [0.4, 0.5) is 0 Å². The molecule has 1 aromatic rings. The van der Waals surface area contributed by atoms with E-state index in [0.29, 0.717) is 38.8 Å². The van der Waals surface area contributed by atoms with Gasteiger partial charge in [0.15, 0.2) is 6.29 Å². The Morgan fingerprint density at radius 2 is 1.90 bits per heavy atom. The third kappa shape index (κ3) is 12.9. The summed E-state index contributed by atoms with van der Waals surface area (Å²) in [5.74, 6) is -2.14. The number of aldehydes is 1. The summed E-state index contributed by atoms with van der Waals surface area (Å²) in [5.41, 5.74) is 0.906. The van der Waals surface area contributed by atoms with Gasteiger partial charge >= 0.3 is 11.9 Å². The molecule has 52 heavy (non-hydrogen) atoms. The van der Waals surface area contributed by atoms with Crippen LogP contribution in [0.2, 0.25) is 0 Å². The molecule has 2 fully saturated rings. The lowest BCUT2D eigenvalue weighted by Crippen LogP contribution is -2.63. The van der Waals surface area contributed by atoms with Gasteiger partial charge in [0.2, 0.25) is 0 Å². The van der Waals surface area contributed by atoms with E-state index in [-0.39, 0.29) is 25.2 Å². The number of carbonyl (C=O) groups is 3. The molecule has 2 saturated heterocycles. The van der Waals surface area contributed by atoms with Crippen LogP contribution in [-0.4, -0.2) is 151 Å². The first-order valence-corrected chi connectivity index (χ1v) is 18.4. The summed E-state index contributed by atoms with van der Waals surface area (Å²) in [5, 5.41) is 33.6. The van der Waals surface area contributed by atoms with Crippen molar-refractivity contribution in [1.29, 1.82) is 0 Å². The Bertz CT molecular complexity index is 1250. The van der Waals surface area contributed by atoms with Crippen LogP contribution in [0.3, 0.4) is 0 Å². The molecule has 294 valence electrons. The maximum absolute atomic E-state index is 13.7. The zero-order valence-electron chi connectivity index (χ0n) is 31.8. The fraction of sp³-hybridized carbons (Fsp3) is 0.737. The van der Waals surface area contributed by atoms with Crippen LogP contribution in [0.15, 0.2) is 30.6 Å². The van der Waals surface area contributed by atoms with E-state index in [2.05, 4.69) is 4.98 Å². The van der Waals surface area contributed by atoms with E-state index < -0.39 is 79.0 Å². The number of esters is 2. The van der Waals surface area contributed by atoms with Crippen LogP contribution >= 0.6 is 0 Å². The maximum atomic E-state index is 13.7. The van der Waals surface area contributed by atoms with Gasteiger partial charge in [0.05, 0.1) is 36.9 Å². The van der Waals surface area contributed by atoms with Gasteiger partial charge in [-0.1, -0.05) is 32.1 Å². The van der Waals surface area contributed by atoms with E-state index >= 15 is 0 Å². The Morgan fingerprint density at radius 1 is 1.15 bits per heavy atom. The quantitative estimate of drug-likeness (QED) is 0.223. The summed E-state index contributed by atoms with van der Waals surface area (Å²) < 4.78 is 30.5. The Balaban J connectivity index is 2.04. The van der Waals surface area contributed by atoms with Gasteiger partial charge < -0.3 is 53.6 Å². The molecular weight excluding hydrogens is 674 g/mol. The van der Waals surface area contributed by atoms with Crippen molar-refractivity contribution in [2.24, 2.45) is 11.8 Å². The maximum Gasteiger partial charge on any atom is 0.309 e. The van der Waals surface area contributed by atoms with Gasteiger partial charge in [-0.3, -0.25) is 14.6 Å². The fourth-order valence-electron chi connectivity index (χ4n) is 7.08. The first-order valence-electron chi connectivity index (χ1n) is 18.4. The molecule has 0 bridgehead atoms. The molecule has 0 saturated carbocycles. The van der Waals surface area contributed by atoms with Gasteiger partial charge in [-0.25, -0.2) is 0 Å². The van der Waals surface area contributed by atoms with Crippen LogP contribution in [0.1, 0.15) is 71.3 Å². The lowest BCUT2D eigenvalue weighted by Gasteiger charge is -2.47. The van der Waals surface area contributed by atoms with Gasteiger partial charge in [0.25, 0.3) is 0 Å². The summed E-state index contributed by atoms with van der Waals surface area (Å²) in [4.78, 5) is 46.6. The predicted octanol–water partition coefficient (Wildman–Crippen LogP) is 2.22. The number of hydrogen-bond donors (Lipinski definition) is 3. The average molecular weight is 736 g/mol. The Morgan fingerprint density at radius 3 is 2.54 bits per heavy atom. The van der Waals surface area contributed by atoms with E-state index in [1.54, 1.807) is 45.2 Å². The van der Waals surface area contributed by atoms with E-state index in [4.69, 9.17) is 23.7 Å². The number of β-amino-alcohol motifs (C(OH)–C–C–N with tert-alkyl or cyclic N) is 1. The number of likely N-dealkylation sites (N-methyl/N-ethyl adjacent to an activating group) is 2. The highest BCUT2D eigenvalue weighted by atomic mass is 16.7. The van der Waals surface area contributed by atoms with Gasteiger partial charge in [0.1, 0.15) is 30.7 Å². The first kappa shape index (κ1) is 43.6. The van der Waals surface area contributed by atoms with Crippen molar-refractivity contribution >= 4 is 24.3 Å². The second kappa shape index (κ2) is 21.8. The van der Waals surface area contributed by atoms with Crippen molar-refractivity contribution in [2.45, 2.75) is 127 Å². The van der Waals surface area contributed by atoms with E-state index in [9.17, 15) is 29.7 Å². The molecule has 0 spiro atoms. The van der Waals surface area contributed by atoms with Gasteiger partial charge in [0, 0.05) is 45.3 Å². The lowest BCUT2D eigenvalue weighted by atomic mass is 9.82. The van der Waals surface area contributed by atoms with Gasteiger partial charge in [-0.2, -0.15) is 0 Å². The molecule has 3 N–H and O–H groups in total. The number of cyclic esters (lactones) is 1. The molecule has 1 aromatic heterocycles. The fourth-order valence-corrected chi connectivity index (χ4v) is 7.08. The highest BCUT2D eigenvalue weighted by molar-refractivity contribution is 5.72. The zero-order valence-corrected chi connectivity index (χ0v) is 31.8. The standard InChI is InChI=1S/C38H61N3O11/c1-8-31(44)51-30-21-32(45)50-28(14-9-12-26-13-10-17-39-22-26)15-11-18-41(6)23-29(43)24(2)20-27(16-19-42)36(37(30)48-7)52-38-35(47)33(40(4)5)34(46)25(3)49-38/h9-10,12-13,17,19,22,24-25,27-30,33-38,43,46-47H,8,11,14-16,18,20-21,23H2,1-7H3/b12-9+/t24-,25?,27+,28+,29+,30-,33?,34-,35?,36+,37+,38+/m1/s1. The molecular formula is C38H61N3O11. The highest BCUT2D eigenvalue weighted by Crippen LogP contribution is 2.34. The number of aliphatic hydroxyl groups excluding tert-OH is 3.